The Morgan fingerprint density at radius 3 is 3.17 bits per heavy atom. The van der Waals surface area contributed by atoms with Crippen molar-refractivity contribution >= 4 is 17.6 Å². The van der Waals surface area contributed by atoms with Crippen LogP contribution in [0.15, 0.2) is 18.2 Å². The summed E-state index contributed by atoms with van der Waals surface area (Å²) in [6.07, 6.45) is -0.217. The summed E-state index contributed by atoms with van der Waals surface area (Å²) in [7, 11) is 0. The normalized spacial score (nSPS) is 19.1. The second kappa shape index (κ2) is 5.28. The zero-order valence-electron chi connectivity index (χ0n) is 9.85. The van der Waals surface area contributed by atoms with Crippen molar-refractivity contribution < 1.29 is 14.3 Å². The van der Waals surface area contributed by atoms with E-state index in [9.17, 15) is 4.79 Å². The summed E-state index contributed by atoms with van der Waals surface area (Å²) in [4.78, 5) is 11.8. The molecule has 0 saturated carbocycles. The van der Waals surface area contributed by atoms with Gasteiger partial charge in [-0.25, -0.2) is 0 Å². The Kier molecular flexibility index (Phi) is 3.73. The molecular weight excluding hydrogens is 254 g/mol. The van der Waals surface area contributed by atoms with E-state index >= 15 is 0 Å². The Bertz CT molecular complexity index is 509. The van der Waals surface area contributed by atoms with Crippen LogP contribution in [0.4, 0.5) is 0 Å². The van der Waals surface area contributed by atoms with Gasteiger partial charge in [-0.3, -0.25) is 4.79 Å². The van der Waals surface area contributed by atoms with Crippen molar-refractivity contribution in [3.63, 3.8) is 0 Å². The number of fused-ring (bicyclic) bond motifs is 1. The molecule has 0 saturated heterocycles. The predicted octanol–water partition coefficient (Wildman–Crippen LogP) is 2.35. The van der Waals surface area contributed by atoms with Crippen molar-refractivity contribution in [3.8, 4) is 11.8 Å². The van der Waals surface area contributed by atoms with E-state index in [1.54, 1.807) is 18.2 Å². The van der Waals surface area contributed by atoms with Crippen LogP contribution in [0.3, 0.4) is 0 Å². The van der Waals surface area contributed by atoms with Crippen LogP contribution in [0.2, 0.25) is 5.02 Å². The average molecular weight is 266 g/mol. The van der Waals surface area contributed by atoms with E-state index in [0.29, 0.717) is 11.4 Å². The maximum atomic E-state index is 11.8. The van der Waals surface area contributed by atoms with Crippen LogP contribution in [-0.2, 0) is 16.0 Å². The highest BCUT2D eigenvalue weighted by atomic mass is 35.5. The van der Waals surface area contributed by atoms with Crippen LogP contribution in [0.25, 0.3) is 0 Å². The third kappa shape index (κ3) is 2.74. The summed E-state index contributed by atoms with van der Waals surface area (Å²) in [5.74, 6) is -0.0433. The van der Waals surface area contributed by atoms with Crippen LogP contribution in [-0.4, -0.2) is 18.7 Å². The summed E-state index contributed by atoms with van der Waals surface area (Å²) in [5, 5.41) is 9.21. The predicted molar refractivity (Wildman–Crippen MR) is 65.3 cm³/mol. The second-order valence-electron chi connectivity index (χ2n) is 4.17. The summed E-state index contributed by atoms with van der Waals surface area (Å²) in [6.45, 7) is 1.80. The molecule has 2 unspecified atom stereocenters. The van der Waals surface area contributed by atoms with Gasteiger partial charge >= 0.3 is 5.97 Å². The van der Waals surface area contributed by atoms with Gasteiger partial charge in [-0.1, -0.05) is 11.6 Å². The van der Waals surface area contributed by atoms with E-state index in [2.05, 4.69) is 0 Å². The standard InChI is InChI=1S/C13H12ClNO3/c1-8(6-15)18-13(16)10-4-9-5-11(14)2-3-12(9)17-7-10/h2-3,5,8,10H,4,7H2,1H3. The molecule has 5 heteroatoms. The van der Waals surface area contributed by atoms with Crippen molar-refractivity contribution in [3.05, 3.63) is 28.8 Å². The molecule has 1 aliphatic heterocycles. The van der Waals surface area contributed by atoms with E-state index in [0.717, 1.165) is 11.3 Å². The zero-order chi connectivity index (χ0) is 13.1. The third-order valence-electron chi connectivity index (χ3n) is 2.74. The smallest absolute Gasteiger partial charge is 0.314 e. The van der Waals surface area contributed by atoms with Crippen molar-refractivity contribution in [2.75, 3.05) is 6.61 Å². The number of hydrogen-bond donors (Lipinski definition) is 0. The highest BCUT2D eigenvalue weighted by molar-refractivity contribution is 6.30. The number of rotatable bonds is 2. The fourth-order valence-corrected chi connectivity index (χ4v) is 2.01. The van der Waals surface area contributed by atoms with Gasteiger partial charge in [0.25, 0.3) is 0 Å². The highest BCUT2D eigenvalue weighted by Gasteiger charge is 2.28. The molecule has 0 amide bonds. The molecular formula is C13H12ClNO3. The number of nitrogens with zero attached hydrogens (tertiary/aromatic N) is 1. The summed E-state index contributed by atoms with van der Waals surface area (Å²) in [6, 6.07) is 7.18. The second-order valence-corrected chi connectivity index (χ2v) is 4.61. The van der Waals surface area contributed by atoms with E-state index in [-0.39, 0.29) is 12.5 Å². The van der Waals surface area contributed by atoms with Gasteiger partial charge < -0.3 is 9.47 Å². The molecule has 0 spiro atoms. The Labute approximate surface area is 110 Å². The lowest BCUT2D eigenvalue weighted by Gasteiger charge is -2.24. The van der Waals surface area contributed by atoms with Crippen molar-refractivity contribution in [2.24, 2.45) is 5.92 Å². The van der Waals surface area contributed by atoms with Gasteiger partial charge in [-0.05, 0) is 37.1 Å². The number of halogens is 1. The molecule has 1 aromatic carbocycles. The van der Waals surface area contributed by atoms with Crippen molar-refractivity contribution in [2.45, 2.75) is 19.4 Å². The van der Waals surface area contributed by atoms with Crippen LogP contribution in [0.5, 0.6) is 5.75 Å². The summed E-state index contributed by atoms with van der Waals surface area (Å²) in [5.41, 5.74) is 0.889. The number of nitriles is 1. The average Bonchev–Trinajstić information content (AvgIpc) is 2.37. The molecule has 2 rings (SSSR count). The Balaban J connectivity index is 2.07. The van der Waals surface area contributed by atoms with Crippen molar-refractivity contribution in [1.29, 1.82) is 5.26 Å². The van der Waals surface area contributed by atoms with E-state index in [1.165, 1.54) is 6.92 Å². The topological polar surface area (TPSA) is 59.3 Å². The molecule has 4 nitrogen and oxygen atoms in total. The summed E-state index contributed by atoms with van der Waals surface area (Å²) >= 11 is 5.90. The first kappa shape index (κ1) is 12.7. The minimum Gasteiger partial charge on any atom is -0.492 e. The van der Waals surface area contributed by atoms with Gasteiger partial charge in [0.05, 0.1) is 5.92 Å². The molecule has 1 aromatic rings. The first-order chi connectivity index (χ1) is 8.60. The summed E-state index contributed by atoms with van der Waals surface area (Å²) < 4.78 is 10.5. The molecule has 0 bridgehead atoms. The first-order valence-corrected chi connectivity index (χ1v) is 5.99. The molecule has 0 N–H and O–H groups in total. The fraction of sp³-hybridized carbons (Fsp3) is 0.385. The Hall–Kier alpha value is -1.73. The van der Waals surface area contributed by atoms with E-state index < -0.39 is 12.1 Å². The quantitative estimate of drug-likeness (QED) is 0.770. The van der Waals surface area contributed by atoms with Gasteiger partial charge in [0.15, 0.2) is 6.10 Å². The van der Waals surface area contributed by atoms with E-state index in [4.69, 9.17) is 26.3 Å². The maximum Gasteiger partial charge on any atom is 0.314 e. The van der Waals surface area contributed by atoms with Gasteiger partial charge in [-0.2, -0.15) is 5.26 Å². The van der Waals surface area contributed by atoms with E-state index in [1.807, 2.05) is 6.07 Å². The number of ether oxygens (including phenoxy) is 2. The molecule has 0 fully saturated rings. The molecule has 1 heterocycles. The minimum absolute atomic E-state index is 0.269. The molecule has 1 aliphatic rings. The van der Waals surface area contributed by atoms with Gasteiger partial charge in [-0.15, -0.1) is 0 Å². The van der Waals surface area contributed by atoms with Crippen LogP contribution < -0.4 is 4.74 Å². The number of carbonyl (C=O) groups is 1. The van der Waals surface area contributed by atoms with Gasteiger partial charge in [0, 0.05) is 5.02 Å². The van der Waals surface area contributed by atoms with Gasteiger partial charge in [0.1, 0.15) is 18.4 Å². The Morgan fingerprint density at radius 2 is 2.44 bits per heavy atom. The number of esters is 1. The molecule has 18 heavy (non-hydrogen) atoms. The lowest BCUT2D eigenvalue weighted by atomic mass is 9.97. The molecule has 0 radical (unpaired) electrons. The lowest BCUT2D eigenvalue weighted by molar-refractivity contribution is -0.152. The highest BCUT2D eigenvalue weighted by Crippen LogP contribution is 2.30. The van der Waals surface area contributed by atoms with Crippen LogP contribution in [0.1, 0.15) is 12.5 Å². The number of carbonyl (C=O) groups excluding carboxylic acids is 1. The molecule has 94 valence electrons. The molecule has 0 aliphatic carbocycles. The van der Waals surface area contributed by atoms with Crippen molar-refractivity contribution in [1.82, 2.24) is 0 Å². The molecule has 0 aromatic heterocycles. The fourth-order valence-electron chi connectivity index (χ4n) is 1.81. The SMILES string of the molecule is CC(C#N)OC(=O)C1COc2ccc(Cl)cc2C1. The maximum absolute atomic E-state index is 11.8. The minimum atomic E-state index is -0.738. The number of hydrogen-bond acceptors (Lipinski definition) is 4. The monoisotopic (exact) mass is 265 g/mol. The zero-order valence-corrected chi connectivity index (χ0v) is 10.6. The number of benzene rings is 1. The van der Waals surface area contributed by atoms with Crippen LogP contribution >= 0.6 is 11.6 Å². The van der Waals surface area contributed by atoms with Crippen LogP contribution in [0, 0.1) is 17.2 Å². The third-order valence-corrected chi connectivity index (χ3v) is 2.97. The Morgan fingerprint density at radius 1 is 1.67 bits per heavy atom. The molecule has 2 atom stereocenters. The van der Waals surface area contributed by atoms with Gasteiger partial charge in [0.2, 0.25) is 0 Å². The first-order valence-electron chi connectivity index (χ1n) is 5.61. The lowest BCUT2D eigenvalue weighted by Crippen LogP contribution is -2.31. The largest absolute Gasteiger partial charge is 0.492 e.